The molecule has 2 rings (SSSR count). The summed E-state index contributed by atoms with van der Waals surface area (Å²) in [5.41, 5.74) is -0.575. The number of nitrogens with one attached hydrogen (secondary N) is 1. The first-order valence-electron chi connectivity index (χ1n) is 7.41. The van der Waals surface area contributed by atoms with Crippen LogP contribution in [0.15, 0.2) is 0 Å². The number of carbonyl (C=O) groups is 1. The van der Waals surface area contributed by atoms with Crippen molar-refractivity contribution in [3.63, 3.8) is 0 Å². The molecule has 1 aromatic heterocycles. The van der Waals surface area contributed by atoms with Crippen LogP contribution in [0.1, 0.15) is 44.3 Å². The number of ether oxygens (including phenoxy) is 1. The van der Waals surface area contributed by atoms with E-state index in [1.165, 1.54) is 31.5 Å². The molecule has 1 fully saturated rings. The highest BCUT2D eigenvalue weighted by Crippen LogP contribution is 2.28. The van der Waals surface area contributed by atoms with Crippen LogP contribution < -0.4 is 10.2 Å². The fourth-order valence-electron chi connectivity index (χ4n) is 2.73. The van der Waals surface area contributed by atoms with Crippen molar-refractivity contribution in [1.82, 2.24) is 14.7 Å². The van der Waals surface area contributed by atoms with Gasteiger partial charge in [-0.1, -0.05) is 25.7 Å². The van der Waals surface area contributed by atoms with Crippen molar-refractivity contribution in [2.75, 3.05) is 26.1 Å². The topological polar surface area (TPSA) is 67.3 Å². The molecule has 0 saturated heterocycles. The number of hydrogen-bond donors (Lipinski definition) is 1. The summed E-state index contributed by atoms with van der Waals surface area (Å²) in [7, 11) is 5.35. The number of nitrogens with zero attached hydrogens (tertiary/aromatic N) is 3. The van der Waals surface area contributed by atoms with Crippen LogP contribution in [0.25, 0.3) is 0 Å². The van der Waals surface area contributed by atoms with E-state index in [1.54, 1.807) is 0 Å². The molecule has 0 unspecified atom stereocenters. The summed E-state index contributed by atoms with van der Waals surface area (Å²) in [4.78, 5) is 18.6. The summed E-state index contributed by atoms with van der Waals surface area (Å²) in [5, 5.41) is 4.26. The first kappa shape index (κ1) is 16.2. The maximum Gasteiger partial charge on any atom is 0.326 e. The van der Waals surface area contributed by atoms with Gasteiger partial charge in [-0.15, -0.1) is 0 Å². The summed E-state index contributed by atoms with van der Waals surface area (Å²) in [6.07, 6.45) is 6.11. The van der Waals surface area contributed by atoms with Crippen LogP contribution in [0.2, 0.25) is 0 Å². The van der Waals surface area contributed by atoms with E-state index < -0.39 is 5.54 Å². The predicted molar refractivity (Wildman–Crippen MR) is 83.5 cm³/mol. The van der Waals surface area contributed by atoms with Crippen LogP contribution in [0.5, 0.6) is 0 Å². The Bertz CT molecular complexity index is 467. The highest BCUT2D eigenvalue weighted by Gasteiger charge is 2.39. The van der Waals surface area contributed by atoms with Gasteiger partial charge in [-0.05, 0) is 12.8 Å². The second-order valence-electron chi connectivity index (χ2n) is 5.73. The molecule has 0 spiro atoms. The average molecular weight is 312 g/mol. The lowest BCUT2D eigenvalue weighted by atomic mass is 9.90. The molecule has 0 radical (unpaired) electrons. The zero-order valence-electron chi connectivity index (χ0n) is 13.0. The molecule has 0 atom stereocenters. The zero-order valence-corrected chi connectivity index (χ0v) is 13.8. The fourth-order valence-corrected chi connectivity index (χ4v) is 3.33. The number of anilines is 1. The molecule has 1 aliphatic rings. The monoisotopic (exact) mass is 312 g/mol. The Balaban J connectivity index is 2.05. The lowest BCUT2D eigenvalue weighted by Gasteiger charge is -2.30. The van der Waals surface area contributed by atoms with Gasteiger partial charge in [-0.3, -0.25) is 10.1 Å². The van der Waals surface area contributed by atoms with Gasteiger partial charge in [0.25, 0.3) is 0 Å². The largest absolute Gasteiger partial charge is 0.468 e. The molecule has 7 heteroatoms. The second-order valence-corrected chi connectivity index (χ2v) is 6.46. The minimum atomic E-state index is -0.575. The van der Waals surface area contributed by atoms with Gasteiger partial charge in [-0.2, -0.15) is 4.37 Å². The molecule has 0 bridgehead atoms. The third-order valence-electron chi connectivity index (χ3n) is 3.96. The minimum absolute atomic E-state index is 0.160. The fraction of sp³-hybridized carbons (Fsp3) is 0.786. The van der Waals surface area contributed by atoms with Gasteiger partial charge >= 0.3 is 5.97 Å². The summed E-state index contributed by atoms with van der Waals surface area (Å²) in [5.74, 6) is 0.573. The Labute approximate surface area is 130 Å². The molecule has 1 heterocycles. The normalized spacial score (nSPS) is 18.0. The number of carbonyl (C=O) groups excluding carboxylic acids is 1. The SMILES string of the molecule is COC(=O)C1(NCc2nsc(N(C)C)n2)CCCCCC1. The van der Waals surface area contributed by atoms with E-state index in [0.717, 1.165) is 36.6 Å². The lowest BCUT2D eigenvalue weighted by Crippen LogP contribution is -2.52. The molecule has 1 saturated carbocycles. The van der Waals surface area contributed by atoms with Crippen LogP contribution in [0, 0.1) is 0 Å². The molecule has 1 N–H and O–H groups in total. The minimum Gasteiger partial charge on any atom is -0.468 e. The van der Waals surface area contributed by atoms with E-state index in [1.807, 2.05) is 19.0 Å². The van der Waals surface area contributed by atoms with Gasteiger partial charge in [-0.25, -0.2) is 4.98 Å². The van der Waals surface area contributed by atoms with Crippen LogP contribution in [0.4, 0.5) is 5.13 Å². The highest BCUT2D eigenvalue weighted by molar-refractivity contribution is 7.09. The summed E-state index contributed by atoms with van der Waals surface area (Å²) in [6.45, 7) is 0.499. The van der Waals surface area contributed by atoms with Crippen molar-refractivity contribution >= 4 is 22.6 Å². The van der Waals surface area contributed by atoms with Crippen LogP contribution in [0.3, 0.4) is 0 Å². The molecular weight excluding hydrogens is 288 g/mol. The van der Waals surface area contributed by atoms with Gasteiger partial charge in [0.1, 0.15) is 5.54 Å². The van der Waals surface area contributed by atoms with Gasteiger partial charge in [0, 0.05) is 25.6 Å². The average Bonchev–Trinajstić information content (AvgIpc) is 2.83. The Morgan fingerprint density at radius 1 is 1.33 bits per heavy atom. The Hall–Kier alpha value is -1.21. The maximum atomic E-state index is 12.2. The molecule has 0 aromatic carbocycles. The molecule has 6 nitrogen and oxygen atoms in total. The summed E-state index contributed by atoms with van der Waals surface area (Å²) < 4.78 is 9.37. The Morgan fingerprint density at radius 2 is 2.00 bits per heavy atom. The first-order chi connectivity index (χ1) is 10.1. The highest BCUT2D eigenvalue weighted by atomic mass is 32.1. The van der Waals surface area contributed by atoms with E-state index in [2.05, 4.69) is 14.7 Å². The number of hydrogen-bond acceptors (Lipinski definition) is 7. The summed E-state index contributed by atoms with van der Waals surface area (Å²) in [6, 6.07) is 0. The van der Waals surface area contributed by atoms with Gasteiger partial charge in [0.15, 0.2) is 5.82 Å². The number of esters is 1. The van der Waals surface area contributed by atoms with Crippen molar-refractivity contribution in [3.8, 4) is 0 Å². The molecule has 0 amide bonds. The van der Waals surface area contributed by atoms with E-state index in [-0.39, 0.29) is 5.97 Å². The smallest absolute Gasteiger partial charge is 0.326 e. The third-order valence-corrected chi connectivity index (χ3v) is 4.88. The van der Waals surface area contributed by atoms with E-state index in [9.17, 15) is 4.79 Å². The number of aromatic nitrogens is 2. The van der Waals surface area contributed by atoms with Crippen molar-refractivity contribution < 1.29 is 9.53 Å². The van der Waals surface area contributed by atoms with Gasteiger partial charge in [0.2, 0.25) is 5.13 Å². The quantitative estimate of drug-likeness (QED) is 0.662. The molecule has 1 aliphatic carbocycles. The van der Waals surface area contributed by atoms with Crippen molar-refractivity contribution in [2.45, 2.75) is 50.6 Å². The first-order valence-corrected chi connectivity index (χ1v) is 8.18. The predicted octanol–water partition coefficient (Wildman–Crippen LogP) is 1.96. The number of methoxy groups -OCH3 is 1. The Kier molecular flexibility index (Phi) is 5.52. The van der Waals surface area contributed by atoms with Gasteiger partial charge in [0.05, 0.1) is 13.7 Å². The van der Waals surface area contributed by atoms with Crippen LogP contribution >= 0.6 is 11.5 Å². The zero-order chi connectivity index (χ0) is 15.3. The van der Waals surface area contributed by atoms with Gasteiger partial charge < -0.3 is 9.64 Å². The number of rotatable bonds is 5. The Morgan fingerprint density at radius 3 is 2.52 bits per heavy atom. The van der Waals surface area contributed by atoms with Crippen LogP contribution in [-0.4, -0.2) is 42.1 Å². The van der Waals surface area contributed by atoms with E-state index in [4.69, 9.17) is 4.74 Å². The molecule has 118 valence electrons. The molecule has 0 aliphatic heterocycles. The lowest BCUT2D eigenvalue weighted by molar-refractivity contribution is -0.149. The maximum absolute atomic E-state index is 12.2. The van der Waals surface area contributed by atoms with E-state index >= 15 is 0 Å². The van der Waals surface area contributed by atoms with Crippen molar-refractivity contribution in [1.29, 1.82) is 0 Å². The standard InChI is InChI=1S/C14H24N4O2S/c1-18(2)13-16-11(17-21-13)10-15-14(12(19)20-3)8-6-4-5-7-9-14/h15H,4-10H2,1-3H3. The third kappa shape index (κ3) is 3.91. The second kappa shape index (κ2) is 7.17. The van der Waals surface area contributed by atoms with Crippen molar-refractivity contribution in [2.24, 2.45) is 0 Å². The molecule has 21 heavy (non-hydrogen) atoms. The van der Waals surface area contributed by atoms with E-state index in [0.29, 0.717) is 6.54 Å². The molecular formula is C14H24N4O2S. The van der Waals surface area contributed by atoms with Crippen LogP contribution in [-0.2, 0) is 16.1 Å². The molecule has 1 aromatic rings. The van der Waals surface area contributed by atoms with Crippen molar-refractivity contribution in [3.05, 3.63) is 5.82 Å². The summed E-state index contributed by atoms with van der Waals surface area (Å²) >= 11 is 1.37.